The van der Waals surface area contributed by atoms with Gasteiger partial charge in [-0.15, -0.1) is 0 Å². The first kappa shape index (κ1) is 11.9. The van der Waals surface area contributed by atoms with E-state index in [-0.39, 0.29) is 5.91 Å². The molecule has 5 heteroatoms. The van der Waals surface area contributed by atoms with E-state index in [9.17, 15) is 4.79 Å². The highest BCUT2D eigenvalue weighted by atomic mass is 16.3. The maximum absolute atomic E-state index is 11.6. The van der Waals surface area contributed by atoms with Crippen LogP contribution in [0.3, 0.4) is 0 Å². The summed E-state index contributed by atoms with van der Waals surface area (Å²) in [4.78, 5) is 13.2. The Morgan fingerprint density at radius 2 is 2.29 bits per heavy atom. The van der Waals surface area contributed by atoms with Crippen LogP contribution < -0.4 is 10.3 Å². The molecule has 1 fully saturated rings. The number of piperidine rings is 1. The highest BCUT2D eigenvalue weighted by molar-refractivity contribution is 5.93. The Hall–Kier alpha value is -1.62. The molecule has 0 unspecified atom stereocenters. The van der Waals surface area contributed by atoms with Crippen molar-refractivity contribution >= 4 is 11.6 Å². The molecule has 0 spiro atoms. The Balaban J connectivity index is 1.83. The molecule has 0 bridgehead atoms. The predicted molar refractivity (Wildman–Crippen MR) is 64.1 cm³/mol. The van der Waals surface area contributed by atoms with Crippen LogP contribution in [-0.2, 0) is 0 Å². The van der Waals surface area contributed by atoms with Crippen LogP contribution in [0.25, 0.3) is 0 Å². The third kappa shape index (κ3) is 3.17. The molecule has 0 atom stereocenters. The van der Waals surface area contributed by atoms with E-state index in [4.69, 9.17) is 4.42 Å². The van der Waals surface area contributed by atoms with Crippen LogP contribution in [0.1, 0.15) is 30.3 Å². The van der Waals surface area contributed by atoms with Crippen LogP contribution in [0.2, 0.25) is 0 Å². The highest BCUT2D eigenvalue weighted by Crippen LogP contribution is 2.00. The summed E-state index contributed by atoms with van der Waals surface area (Å²) in [5.74, 6) is 0.0127. The lowest BCUT2D eigenvalue weighted by Crippen LogP contribution is -3.12. The zero-order chi connectivity index (χ0) is 12.1. The van der Waals surface area contributed by atoms with E-state index < -0.39 is 0 Å². The number of amides is 1. The molecule has 2 heterocycles. The standard InChI is InChI=1S/C12H17N3O2/c1-2-15-7-5-10(6-8-15)13-14-12(16)11-4-3-9-17-11/h3-4,9H,2,5-8H2,1H3,(H,14,16)/p+1. The lowest BCUT2D eigenvalue weighted by Gasteiger charge is -2.22. The van der Waals surface area contributed by atoms with Crippen LogP contribution in [-0.4, -0.2) is 31.3 Å². The van der Waals surface area contributed by atoms with E-state index in [1.807, 2.05) is 0 Å². The van der Waals surface area contributed by atoms with Crippen LogP contribution in [0, 0.1) is 0 Å². The molecule has 5 nitrogen and oxygen atoms in total. The van der Waals surface area contributed by atoms with E-state index >= 15 is 0 Å². The van der Waals surface area contributed by atoms with Gasteiger partial charge in [0.25, 0.3) is 0 Å². The van der Waals surface area contributed by atoms with Crippen molar-refractivity contribution in [3.05, 3.63) is 24.2 Å². The largest absolute Gasteiger partial charge is 0.459 e. The van der Waals surface area contributed by atoms with Gasteiger partial charge in [-0.25, -0.2) is 5.43 Å². The van der Waals surface area contributed by atoms with Crippen molar-refractivity contribution in [1.82, 2.24) is 5.43 Å². The Labute approximate surface area is 100 Å². The summed E-state index contributed by atoms with van der Waals surface area (Å²) in [7, 11) is 0. The number of rotatable bonds is 3. The monoisotopic (exact) mass is 236 g/mol. The highest BCUT2D eigenvalue weighted by Gasteiger charge is 2.17. The molecule has 1 aliphatic rings. The van der Waals surface area contributed by atoms with Crippen molar-refractivity contribution in [3.8, 4) is 0 Å². The summed E-state index contributed by atoms with van der Waals surface area (Å²) in [5.41, 5.74) is 3.61. The van der Waals surface area contributed by atoms with Crippen LogP contribution in [0.15, 0.2) is 27.9 Å². The lowest BCUT2D eigenvalue weighted by molar-refractivity contribution is -0.899. The molecular formula is C12H18N3O2+. The quantitative estimate of drug-likeness (QED) is 0.729. The van der Waals surface area contributed by atoms with E-state index in [1.165, 1.54) is 6.26 Å². The van der Waals surface area contributed by atoms with E-state index in [1.54, 1.807) is 17.0 Å². The van der Waals surface area contributed by atoms with Crippen LogP contribution in [0.4, 0.5) is 0 Å². The number of quaternary nitrogens is 1. The average Bonchev–Trinajstić information content (AvgIpc) is 2.90. The molecular weight excluding hydrogens is 218 g/mol. The first-order chi connectivity index (χ1) is 8.29. The fourth-order valence-electron chi connectivity index (χ4n) is 1.95. The fourth-order valence-corrected chi connectivity index (χ4v) is 1.95. The first-order valence-electron chi connectivity index (χ1n) is 6.02. The summed E-state index contributed by atoms with van der Waals surface area (Å²) >= 11 is 0. The Kier molecular flexibility index (Phi) is 3.93. The molecule has 17 heavy (non-hydrogen) atoms. The maximum atomic E-state index is 11.6. The van der Waals surface area contributed by atoms with Gasteiger partial charge in [0, 0.05) is 18.6 Å². The second-order valence-electron chi connectivity index (χ2n) is 4.20. The average molecular weight is 236 g/mol. The number of likely N-dealkylation sites (tertiary alicyclic amines) is 1. The minimum Gasteiger partial charge on any atom is -0.459 e. The van der Waals surface area contributed by atoms with Gasteiger partial charge >= 0.3 is 5.91 Å². The molecule has 0 aliphatic carbocycles. The molecule has 1 aromatic rings. The topological polar surface area (TPSA) is 59.0 Å². The van der Waals surface area contributed by atoms with Gasteiger partial charge in [0.05, 0.1) is 25.9 Å². The number of nitrogens with one attached hydrogen (secondary N) is 2. The van der Waals surface area contributed by atoms with Gasteiger partial charge in [-0.1, -0.05) is 0 Å². The smallest absolute Gasteiger partial charge is 0.307 e. The van der Waals surface area contributed by atoms with Crippen molar-refractivity contribution in [1.29, 1.82) is 0 Å². The van der Waals surface area contributed by atoms with Gasteiger partial charge in [-0.05, 0) is 19.1 Å². The number of carbonyl (C=O) groups excluding carboxylic acids is 1. The number of hydrazone groups is 1. The van der Waals surface area contributed by atoms with Gasteiger partial charge in [0.1, 0.15) is 0 Å². The van der Waals surface area contributed by atoms with E-state index in [0.29, 0.717) is 5.76 Å². The van der Waals surface area contributed by atoms with Gasteiger partial charge in [-0.2, -0.15) is 5.10 Å². The minimum absolute atomic E-state index is 0.284. The molecule has 2 N–H and O–H groups in total. The molecule has 1 saturated heterocycles. The van der Waals surface area contributed by atoms with Crippen molar-refractivity contribution in [2.24, 2.45) is 5.10 Å². The second kappa shape index (κ2) is 5.63. The Bertz CT molecular complexity index is 388. The zero-order valence-corrected chi connectivity index (χ0v) is 10.0. The maximum Gasteiger partial charge on any atom is 0.307 e. The SMILES string of the molecule is CC[NH+]1CCC(=NNC(=O)c2ccco2)CC1. The van der Waals surface area contributed by atoms with Gasteiger partial charge in [0.15, 0.2) is 5.76 Å². The first-order valence-corrected chi connectivity index (χ1v) is 6.02. The molecule has 2 rings (SSSR count). The molecule has 1 aliphatic heterocycles. The summed E-state index contributed by atoms with van der Waals surface area (Å²) in [6.07, 6.45) is 3.40. The van der Waals surface area contributed by atoms with Crippen molar-refractivity contribution in [3.63, 3.8) is 0 Å². The van der Waals surface area contributed by atoms with Crippen LogP contribution >= 0.6 is 0 Å². The number of carbonyl (C=O) groups is 1. The summed E-state index contributed by atoms with van der Waals surface area (Å²) < 4.78 is 4.98. The van der Waals surface area contributed by atoms with Crippen LogP contribution in [0.5, 0.6) is 0 Å². The molecule has 1 aromatic heterocycles. The fraction of sp³-hybridized carbons (Fsp3) is 0.500. The van der Waals surface area contributed by atoms with Gasteiger partial charge < -0.3 is 9.32 Å². The lowest BCUT2D eigenvalue weighted by atomic mass is 10.1. The van der Waals surface area contributed by atoms with Gasteiger partial charge in [-0.3, -0.25) is 4.79 Å². The minimum atomic E-state index is -0.284. The number of hydrogen-bond acceptors (Lipinski definition) is 3. The van der Waals surface area contributed by atoms with Crippen molar-refractivity contribution in [2.45, 2.75) is 19.8 Å². The van der Waals surface area contributed by atoms with Gasteiger partial charge in [0.2, 0.25) is 0 Å². The van der Waals surface area contributed by atoms with E-state index in [0.717, 1.165) is 38.2 Å². The summed E-state index contributed by atoms with van der Waals surface area (Å²) in [6, 6.07) is 3.31. The normalized spacial score (nSPS) is 20.1. The van der Waals surface area contributed by atoms with E-state index in [2.05, 4.69) is 17.5 Å². The molecule has 0 aromatic carbocycles. The molecule has 1 amide bonds. The molecule has 92 valence electrons. The number of furan rings is 1. The van der Waals surface area contributed by atoms with Crippen molar-refractivity contribution < 1.29 is 14.1 Å². The Morgan fingerprint density at radius 1 is 1.53 bits per heavy atom. The molecule has 0 radical (unpaired) electrons. The summed E-state index contributed by atoms with van der Waals surface area (Å²) in [5, 5.41) is 4.15. The summed E-state index contributed by atoms with van der Waals surface area (Å²) in [6.45, 7) is 5.56. The number of hydrogen-bond donors (Lipinski definition) is 2. The van der Waals surface area contributed by atoms with Crippen molar-refractivity contribution in [2.75, 3.05) is 19.6 Å². The molecule has 0 saturated carbocycles. The number of nitrogens with zero attached hydrogens (tertiary/aromatic N) is 1. The predicted octanol–water partition coefficient (Wildman–Crippen LogP) is 0.0640. The third-order valence-electron chi connectivity index (χ3n) is 3.09. The Morgan fingerprint density at radius 3 is 2.88 bits per heavy atom. The third-order valence-corrected chi connectivity index (χ3v) is 3.09. The zero-order valence-electron chi connectivity index (χ0n) is 10.0. The second-order valence-corrected chi connectivity index (χ2v) is 4.20.